The molecule has 0 amide bonds. The average molecular weight is 287 g/mol. The minimum absolute atomic E-state index is 0.333. The molecule has 112 valence electrons. The van der Waals surface area contributed by atoms with Crippen molar-refractivity contribution in [1.82, 2.24) is 4.98 Å². The molecule has 0 radical (unpaired) electrons. The quantitative estimate of drug-likeness (QED) is 0.934. The van der Waals surface area contributed by atoms with Crippen LogP contribution in [0.1, 0.15) is 13.8 Å². The van der Waals surface area contributed by atoms with Gasteiger partial charge >= 0.3 is 0 Å². The van der Waals surface area contributed by atoms with E-state index in [1.807, 2.05) is 24.4 Å². The molecular formula is C16H21N3O2. The molecule has 0 saturated carbocycles. The molecule has 1 aliphatic rings. The number of aromatic nitrogens is 1. The Morgan fingerprint density at radius 1 is 1.24 bits per heavy atom. The molecule has 5 nitrogen and oxygen atoms in total. The molecule has 0 fully saturated rings. The number of hydrogen-bond acceptors (Lipinski definition) is 5. The Labute approximate surface area is 124 Å². The van der Waals surface area contributed by atoms with Crippen molar-refractivity contribution < 1.29 is 9.47 Å². The number of hydrogen-bond donors (Lipinski definition) is 1. The fourth-order valence-corrected chi connectivity index (χ4v) is 2.67. The van der Waals surface area contributed by atoms with Gasteiger partial charge in [-0.3, -0.25) is 0 Å². The predicted octanol–water partition coefficient (Wildman–Crippen LogP) is 2.18. The summed E-state index contributed by atoms with van der Waals surface area (Å²) in [5.74, 6) is 2.55. The van der Waals surface area contributed by atoms with Crippen LogP contribution < -0.4 is 20.1 Å². The summed E-state index contributed by atoms with van der Waals surface area (Å²) in [7, 11) is 0. The molecule has 1 aromatic carbocycles. The molecule has 0 spiro atoms. The Morgan fingerprint density at radius 2 is 1.95 bits per heavy atom. The van der Waals surface area contributed by atoms with Crippen LogP contribution in [0.5, 0.6) is 11.5 Å². The van der Waals surface area contributed by atoms with E-state index in [0.717, 1.165) is 34.6 Å². The molecule has 0 unspecified atom stereocenters. The lowest BCUT2D eigenvalue weighted by Crippen LogP contribution is -2.36. The molecule has 0 saturated heterocycles. The van der Waals surface area contributed by atoms with Gasteiger partial charge in [0.1, 0.15) is 19.0 Å². The van der Waals surface area contributed by atoms with E-state index in [1.165, 1.54) is 0 Å². The lowest BCUT2D eigenvalue weighted by Gasteiger charge is -2.29. The highest BCUT2D eigenvalue weighted by atomic mass is 16.6. The van der Waals surface area contributed by atoms with Gasteiger partial charge in [-0.05, 0) is 37.4 Å². The summed E-state index contributed by atoms with van der Waals surface area (Å²) >= 11 is 0. The second-order valence-electron chi connectivity index (χ2n) is 5.43. The van der Waals surface area contributed by atoms with Crippen molar-refractivity contribution in [2.45, 2.75) is 19.9 Å². The van der Waals surface area contributed by atoms with Gasteiger partial charge in [-0.2, -0.15) is 0 Å². The number of fused-ring (bicyclic) bond motifs is 2. The third kappa shape index (κ3) is 2.61. The summed E-state index contributed by atoms with van der Waals surface area (Å²) in [5.41, 5.74) is 5.75. The number of pyridine rings is 1. The molecule has 21 heavy (non-hydrogen) atoms. The smallest absolute Gasteiger partial charge is 0.162 e. The zero-order chi connectivity index (χ0) is 14.8. The van der Waals surface area contributed by atoms with E-state index in [0.29, 0.717) is 25.8 Å². The largest absolute Gasteiger partial charge is 0.486 e. The van der Waals surface area contributed by atoms with Crippen LogP contribution in [-0.4, -0.2) is 37.3 Å². The first kappa shape index (κ1) is 13.9. The van der Waals surface area contributed by atoms with Crippen LogP contribution in [0.3, 0.4) is 0 Å². The van der Waals surface area contributed by atoms with Crippen LogP contribution in [0.2, 0.25) is 0 Å². The van der Waals surface area contributed by atoms with Gasteiger partial charge in [-0.25, -0.2) is 4.98 Å². The Balaban J connectivity index is 2.14. The highest BCUT2D eigenvalue weighted by Gasteiger charge is 2.18. The fourth-order valence-electron chi connectivity index (χ4n) is 2.67. The lowest BCUT2D eigenvalue weighted by molar-refractivity contribution is 0.172. The zero-order valence-electron chi connectivity index (χ0n) is 12.5. The van der Waals surface area contributed by atoms with Crippen molar-refractivity contribution in [3.63, 3.8) is 0 Å². The van der Waals surface area contributed by atoms with Gasteiger partial charge in [0.2, 0.25) is 0 Å². The normalized spacial score (nSPS) is 13.7. The van der Waals surface area contributed by atoms with E-state index < -0.39 is 0 Å². The van der Waals surface area contributed by atoms with E-state index in [-0.39, 0.29) is 0 Å². The van der Waals surface area contributed by atoms with Gasteiger partial charge in [-0.15, -0.1) is 0 Å². The van der Waals surface area contributed by atoms with Crippen molar-refractivity contribution in [3.8, 4) is 11.5 Å². The molecule has 1 aliphatic heterocycles. The summed E-state index contributed by atoms with van der Waals surface area (Å²) in [4.78, 5) is 6.79. The Kier molecular flexibility index (Phi) is 3.84. The molecule has 2 N–H and O–H groups in total. The van der Waals surface area contributed by atoms with Crippen LogP contribution in [0.4, 0.5) is 5.82 Å². The number of nitrogens with two attached hydrogens (primary N) is 1. The molecule has 2 heterocycles. The molecule has 0 aliphatic carbocycles. The maximum absolute atomic E-state index is 5.75. The van der Waals surface area contributed by atoms with Crippen molar-refractivity contribution in [1.29, 1.82) is 0 Å². The van der Waals surface area contributed by atoms with Crippen LogP contribution in [-0.2, 0) is 0 Å². The average Bonchev–Trinajstić information content (AvgIpc) is 2.50. The fraction of sp³-hybridized carbons (Fsp3) is 0.438. The monoisotopic (exact) mass is 287 g/mol. The van der Waals surface area contributed by atoms with Gasteiger partial charge in [-0.1, -0.05) is 0 Å². The first-order chi connectivity index (χ1) is 10.2. The van der Waals surface area contributed by atoms with Crippen molar-refractivity contribution in [3.05, 3.63) is 24.4 Å². The third-order valence-corrected chi connectivity index (χ3v) is 3.67. The van der Waals surface area contributed by atoms with Gasteiger partial charge in [0.05, 0.1) is 0 Å². The highest BCUT2D eigenvalue weighted by Crippen LogP contribution is 2.37. The summed E-state index contributed by atoms with van der Waals surface area (Å²) in [6.07, 6.45) is 1.83. The van der Waals surface area contributed by atoms with Gasteiger partial charge in [0, 0.05) is 30.7 Å². The topological polar surface area (TPSA) is 60.6 Å². The van der Waals surface area contributed by atoms with E-state index in [1.54, 1.807) is 0 Å². The summed E-state index contributed by atoms with van der Waals surface area (Å²) in [6, 6.07) is 6.38. The number of benzene rings is 1. The van der Waals surface area contributed by atoms with Crippen LogP contribution in [0.15, 0.2) is 24.4 Å². The second kappa shape index (κ2) is 5.77. The molecule has 1 aromatic heterocycles. The summed E-state index contributed by atoms with van der Waals surface area (Å²) < 4.78 is 11.3. The highest BCUT2D eigenvalue weighted by molar-refractivity contribution is 5.94. The molecule has 3 rings (SSSR count). The van der Waals surface area contributed by atoms with Crippen molar-refractivity contribution in [2.75, 3.05) is 31.2 Å². The second-order valence-corrected chi connectivity index (χ2v) is 5.43. The number of anilines is 1. The summed E-state index contributed by atoms with van der Waals surface area (Å²) in [6.45, 7) is 6.86. The van der Waals surface area contributed by atoms with Crippen LogP contribution >= 0.6 is 0 Å². The maximum atomic E-state index is 5.75. The van der Waals surface area contributed by atoms with Crippen molar-refractivity contribution >= 4 is 16.6 Å². The first-order valence-corrected chi connectivity index (χ1v) is 7.36. The minimum Gasteiger partial charge on any atom is -0.486 e. The Hall–Kier alpha value is -2.01. The molecular weight excluding hydrogens is 266 g/mol. The lowest BCUT2D eigenvalue weighted by atomic mass is 10.1. The maximum Gasteiger partial charge on any atom is 0.162 e. The SMILES string of the molecule is CC(C)N(CCN)c1nccc2cc3c(cc12)OCCO3. The van der Waals surface area contributed by atoms with E-state index in [4.69, 9.17) is 15.2 Å². The van der Waals surface area contributed by atoms with Crippen LogP contribution in [0, 0.1) is 0 Å². The molecule has 0 atom stereocenters. The predicted molar refractivity (Wildman–Crippen MR) is 84.3 cm³/mol. The molecule has 5 heteroatoms. The Morgan fingerprint density at radius 3 is 2.62 bits per heavy atom. The third-order valence-electron chi connectivity index (χ3n) is 3.67. The Bertz CT molecular complexity index is 643. The minimum atomic E-state index is 0.333. The molecule has 0 bridgehead atoms. The molecule has 2 aromatic rings. The van der Waals surface area contributed by atoms with Gasteiger partial charge in [0.15, 0.2) is 11.5 Å². The zero-order valence-corrected chi connectivity index (χ0v) is 12.5. The standard InChI is InChI=1S/C16H21N3O2/c1-11(2)19(6-4-17)16-13-10-15-14(20-7-8-21-15)9-12(13)3-5-18-16/h3,5,9-11H,4,6-8,17H2,1-2H3. The number of rotatable bonds is 4. The van der Waals surface area contributed by atoms with E-state index >= 15 is 0 Å². The van der Waals surface area contributed by atoms with Crippen LogP contribution in [0.25, 0.3) is 10.8 Å². The summed E-state index contributed by atoms with van der Waals surface area (Å²) in [5, 5.41) is 2.18. The first-order valence-electron chi connectivity index (χ1n) is 7.36. The van der Waals surface area contributed by atoms with Crippen molar-refractivity contribution in [2.24, 2.45) is 5.73 Å². The number of nitrogens with zero attached hydrogens (tertiary/aromatic N) is 2. The number of ether oxygens (including phenoxy) is 2. The van der Waals surface area contributed by atoms with E-state index in [9.17, 15) is 0 Å². The van der Waals surface area contributed by atoms with Gasteiger partial charge in [0.25, 0.3) is 0 Å². The van der Waals surface area contributed by atoms with Gasteiger partial charge < -0.3 is 20.1 Å². The van der Waals surface area contributed by atoms with E-state index in [2.05, 4.69) is 23.7 Å².